The molecule has 0 bridgehead atoms. The molecule has 1 rings (SSSR count). The maximum atomic E-state index is 11.7. The molecule has 1 aromatic rings. The van der Waals surface area contributed by atoms with Crippen molar-refractivity contribution >= 4 is 5.97 Å². The van der Waals surface area contributed by atoms with Crippen molar-refractivity contribution in [2.24, 2.45) is 0 Å². The number of ether oxygens (including phenoxy) is 4. The zero-order chi connectivity index (χ0) is 17.8. The summed E-state index contributed by atoms with van der Waals surface area (Å²) in [5.41, 5.74) is 1.60. The van der Waals surface area contributed by atoms with Crippen LogP contribution in [0.25, 0.3) is 0 Å². The van der Waals surface area contributed by atoms with E-state index in [1.165, 1.54) is 6.26 Å². The van der Waals surface area contributed by atoms with Crippen molar-refractivity contribution in [2.75, 3.05) is 26.4 Å². The van der Waals surface area contributed by atoms with E-state index in [1.54, 1.807) is 19.1 Å². The Morgan fingerprint density at radius 3 is 2.33 bits per heavy atom. The minimum absolute atomic E-state index is 0.176. The highest BCUT2D eigenvalue weighted by Crippen LogP contribution is 2.13. The van der Waals surface area contributed by atoms with Gasteiger partial charge in [-0.1, -0.05) is 31.9 Å². The van der Waals surface area contributed by atoms with Crippen LogP contribution in [0.1, 0.15) is 12.5 Å². The van der Waals surface area contributed by atoms with E-state index in [2.05, 4.69) is 19.7 Å². The van der Waals surface area contributed by atoms with Crippen LogP contribution in [-0.2, 0) is 25.4 Å². The van der Waals surface area contributed by atoms with Gasteiger partial charge < -0.3 is 18.9 Å². The van der Waals surface area contributed by atoms with Gasteiger partial charge >= 0.3 is 5.97 Å². The number of benzene rings is 1. The summed E-state index contributed by atoms with van der Waals surface area (Å²) in [6, 6.07) is 7.25. The third-order valence-corrected chi connectivity index (χ3v) is 2.96. The SMILES string of the molecule is C=COCCOc1ccc(CC(=O)OCCOC(=C)C(=C)C)cc1. The van der Waals surface area contributed by atoms with Gasteiger partial charge in [-0.2, -0.15) is 0 Å². The van der Waals surface area contributed by atoms with E-state index in [4.69, 9.17) is 18.9 Å². The van der Waals surface area contributed by atoms with Crippen molar-refractivity contribution in [1.82, 2.24) is 0 Å². The van der Waals surface area contributed by atoms with Gasteiger partial charge in [0.15, 0.2) is 0 Å². The minimum atomic E-state index is -0.312. The first-order valence-corrected chi connectivity index (χ1v) is 7.60. The van der Waals surface area contributed by atoms with E-state index in [9.17, 15) is 4.79 Å². The fourth-order valence-corrected chi connectivity index (χ4v) is 1.66. The van der Waals surface area contributed by atoms with Crippen molar-refractivity contribution in [3.63, 3.8) is 0 Å². The van der Waals surface area contributed by atoms with E-state index < -0.39 is 0 Å². The lowest BCUT2D eigenvalue weighted by molar-refractivity contribution is -0.143. The Morgan fingerprint density at radius 2 is 1.71 bits per heavy atom. The summed E-state index contributed by atoms with van der Waals surface area (Å²) in [5, 5.41) is 0. The van der Waals surface area contributed by atoms with Crippen LogP contribution in [0.4, 0.5) is 0 Å². The average molecular weight is 332 g/mol. The molecule has 24 heavy (non-hydrogen) atoms. The van der Waals surface area contributed by atoms with E-state index in [0.29, 0.717) is 24.7 Å². The summed E-state index contributed by atoms with van der Waals surface area (Å²) in [4.78, 5) is 11.7. The average Bonchev–Trinajstić information content (AvgIpc) is 2.56. The summed E-state index contributed by atoms with van der Waals surface area (Å²) in [6.45, 7) is 14.0. The number of rotatable bonds is 12. The molecule has 1 aromatic carbocycles. The maximum Gasteiger partial charge on any atom is 0.310 e. The van der Waals surface area contributed by atoms with Crippen molar-refractivity contribution in [1.29, 1.82) is 0 Å². The number of carbonyl (C=O) groups excluding carboxylic acids is 1. The lowest BCUT2D eigenvalue weighted by atomic mass is 10.1. The second-order valence-corrected chi connectivity index (χ2v) is 4.98. The van der Waals surface area contributed by atoms with Gasteiger partial charge in [0.05, 0.1) is 12.7 Å². The molecule has 5 heteroatoms. The molecule has 0 saturated heterocycles. The Balaban J connectivity index is 2.25. The summed E-state index contributed by atoms with van der Waals surface area (Å²) >= 11 is 0. The smallest absolute Gasteiger partial charge is 0.310 e. The number of hydrogen-bond donors (Lipinski definition) is 0. The highest BCUT2D eigenvalue weighted by Gasteiger charge is 2.06. The molecular formula is C19H24O5. The lowest BCUT2D eigenvalue weighted by Crippen LogP contribution is -2.12. The molecule has 0 fully saturated rings. The molecule has 0 N–H and O–H groups in total. The maximum absolute atomic E-state index is 11.7. The largest absolute Gasteiger partial charge is 0.498 e. The third-order valence-electron chi connectivity index (χ3n) is 2.96. The normalized spacial score (nSPS) is 9.71. The fourth-order valence-electron chi connectivity index (χ4n) is 1.66. The van der Waals surface area contributed by atoms with Gasteiger partial charge in [0.25, 0.3) is 0 Å². The molecule has 0 aromatic heterocycles. The van der Waals surface area contributed by atoms with Gasteiger partial charge in [0, 0.05) is 0 Å². The molecule has 0 atom stereocenters. The molecule has 0 aliphatic heterocycles. The molecule has 0 heterocycles. The van der Waals surface area contributed by atoms with Crippen molar-refractivity contribution < 1.29 is 23.7 Å². The number of carbonyl (C=O) groups is 1. The standard InChI is InChI=1S/C19H24O5/c1-5-21-10-11-23-18-8-6-17(7-9-18)14-19(20)24-13-12-22-16(4)15(2)3/h5-9H,1-2,4,10-14H2,3H3. The van der Waals surface area contributed by atoms with Gasteiger partial charge in [0.1, 0.15) is 37.9 Å². The third kappa shape index (κ3) is 8.08. The number of esters is 1. The van der Waals surface area contributed by atoms with Gasteiger partial charge in [-0.15, -0.1) is 0 Å². The highest BCUT2D eigenvalue weighted by atomic mass is 16.6. The first-order chi connectivity index (χ1) is 11.5. The Labute approximate surface area is 143 Å². The molecule has 0 aliphatic rings. The highest BCUT2D eigenvalue weighted by molar-refractivity contribution is 5.72. The Hall–Kier alpha value is -2.69. The summed E-state index contributed by atoms with van der Waals surface area (Å²) in [7, 11) is 0. The van der Waals surface area contributed by atoms with Gasteiger partial charge in [-0.05, 0) is 30.2 Å². The predicted octanol–water partition coefficient (Wildman–Crippen LogP) is 3.42. The van der Waals surface area contributed by atoms with E-state index in [0.717, 1.165) is 11.1 Å². The molecular weight excluding hydrogens is 308 g/mol. The Morgan fingerprint density at radius 1 is 1.04 bits per heavy atom. The molecule has 0 amide bonds. The van der Waals surface area contributed by atoms with Crippen LogP contribution in [0.3, 0.4) is 0 Å². The van der Waals surface area contributed by atoms with Crippen LogP contribution in [0.15, 0.2) is 61.6 Å². The predicted molar refractivity (Wildman–Crippen MR) is 92.7 cm³/mol. The van der Waals surface area contributed by atoms with Crippen LogP contribution in [0.2, 0.25) is 0 Å². The summed E-state index contributed by atoms with van der Waals surface area (Å²) in [6.07, 6.45) is 1.57. The minimum Gasteiger partial charge on any atom is -0.498 e. The number of allylic oxidation sites excluding steroid dienone is 1. The molecule has 0 radical (unpaired) electrons. The zero-order valence-corrected chi connectivity index (χ0v) is 14.1. The Kier molecular flexibility index (Phi) is 8.82. The molecule has 5 nitrogen and oxygen atoms in total. The molecule has 130 valence electrons. The molecule has 0 spiro atoms. The molecule has 0 saturated carbocycles. The summed E-state index contributed by atoms with van der Waals surface area (Å²) < 4.78 is 20.8. The van der Waals surface area contributed by atoms with Gasteiger partial charge in [0.2, 0.25) is 0 Å². The fraction of sp³-hybridized carbons (Fsp3) is 0.316. The topological polar surface area (TPSA) is 54.0 Å². The van der Waals surface area contributed by atoms with E-state index in [1.807, 2.05) is 12.1 Å². The molecule has 0 aliphatic carbocycles. The first-order valence-electron chi connectivity index (χ1n) is 7.60. The first kappa shape index (κ1) is 19.4. The van der Waals surface area contributed by atoms with Crippen LogP contribution in [0.5, 0.6) is 5.75 Å². The second-order valence-electron chi connectivity index (χ2n) is 4.98. The van der Waals surface area contributed by atoms with E-state index in [-0.39, 0.29) is 25.6 Å². The molecule has 0 unspecified atom stereocenters. The van der Waals surface area contributed by atoms with Gasteiger partial charge in [-0.3, -0.25) is 4.79 Å². The van der Waals surface area contributed by atoms with E-state index >= 15 is 0 Å². The van der Waals surface area contributed by atoms with Crippen LogP contribution in [0, 0.1) is 0 Å². The van der Waals surface area contributed by atoms with Crippen LogP contribution >= 0.6 is 0 Å². The van der Waals surface area contributed by atoms with Crippen molar-refractivity contribution in [2.45, 2.75) is 13.3 Å². The monoisotopic (exact) mass is 332 g/mol. The number of hydrogen-bond acceptors (Lipinski definition) is 5. The summed E-state index contributed by atoms with van der Waals surface area (Å²) in [5.74, 6) is 0.902. The lowest BCUT2D eigenvalue weighted by Gasteiger charge is -2.09. The zero-order valence-electron chi connectivity index (χ0n) is 14.1. The van der Waals surface area contributed by atoms with Crippen LogP contribution < -0.4 is 4.74 Å². The van der Waals surface area contributed by atoms with Gasteiger partial charge in [-0.25, -0.2) is 0 Å². The van der Waals surface area contributed by atoms with Crippen molar-refractivity contribution in [3.05, 3.63) is 67.2 Å². The Bertz CT molecular complexity index is 560. The van der Waals surface area contributed by atoms with Crippen LogP contribution in [-0.4, -0.2) is 32.4 Å². The quantitative estimate of drug-likeness (QED) is 0.254. The van der Waals surface area contributed by atoms with Crippen molar-refractivity contribution in [3.8, 4) is 5.75 Å². The second kappa shape index (κ2) is 10.9.